The summed E-state index contributed by atoms with van der Waals surface area (Å²) < 4.78 is 4.00. The van der Waals surface area contributed by atoms with Crippen LogP contribution in [0.25, 0.3) is 11.0 Å². The van der Waals surface area contributed by atoms with E-state index < -0.39 is 0 Å². The lowest BCUT2D eigenvalue weighted by Gasteiger charge is -2.02. The van der Waals surface area contributed by atoms with Crippen LogP contribution in [0.3, 0.4) is 0 Å². The SMILES string of the molecule is Cn1cc(CCn2cc(CN)c3cccnc32)cn1. The molecule has 0 aliphatic carbocycles. The summed E-state index contributed by atoms with van der Waals surface area (Å²) in [5.74, 6) is 0. The molecule has 5 heteroatoms. The molecular weight excluding hydrogens is 238 g/mol. The molecule has 0 amide bonds. The maximum absolute atomic E-state index is 5.79. The molecule has 0 atom stereocenters. The molecule has 0 aromatic carbocycles. The van der Waals surface area contributed by atoms with E-state index in [9.17, 15) is 0 Å². The molecule has 5 nitrogen and oxygen atoms in total. The fourth-order valence-electron chi connectivity index (χ4n) is 2.38. The topological polar surface area (TPSA) is 61.7 Å². The van der Waals surface area contributed by atoms with Gasteiger partial charge in [-0.15, -0.1) is 0 Å². The molecule has 0 unspecified atom stereocenters. The zero-order valence-electron chi connectivity index (χ0n) is 11.0. The number of aromatic nitrogens is 4. The molecule has 0 aliphatic rings. The first-order valence-electron chi connectivity index (χ1n) is 6.38. The lowest BCUT2D eigenvalue weighted by atomic mass is 10.2. The molecule has 3 aromatic rings. The second-order valence-electron chi connectivity index (χ2n) is 4.70. The summed E-state index contributed by atoms with van der Waals surface area (Å²) in [6.07, 6.45) is 8.82. The minimum atomic E-state index is 0.544. The van der Waals surface area contributed by atoms with Crippen LogP contribution in [-0.2, 0) is 26.6 Å². The Morgan fingerprint density at radius 3 is 2.95 bits per heavy atom. The van der Waals surface area contributed by atoms with Crippen molar-refractivity contribution in [3.8, 4) is 0 Å². The molecule has 0 radical (unpaired) electrons. The van der Waals surface area contributed by atoms with Gasteiger partial charge in [0.15, 0.2) is 0 Å². The zero-order chi connectivity index (χ0) is 13.2. The molecule has 0 saturated carbocycles. The monoisotopic (exact) mass is 255 g/mol. The Labute approximate surface area is 111 Å². The van der Waals surface area contributed by atoms with E-state index in [0.717, 1.165) is 29.6 Å². The van der Waals surface area contributed by atoms with Crippen molar-refractivity contribution in [2.75, 3.05) is 0 Å². The van der Waals surface area contributed by atoms with Crippen molar-refractivity contribution >= 4 is 11.0 Å². The van der Waals surface area contributed by atoms with Crippen molar-refractivity contribution in [3.63, 3.8) is 0 Å². The number of rotatable bonds is 4. The number of nitrogens with two attached hydrogens (primary N) is 1. The smallest absolute Gasteiger partial charge is 0.140 e. The second kappa shape index (κ2) is 4.85. The number of aryl methyl sites for hydroxylation is 3. The van der Waals surface area contributed by atoms with Gasteiger partial charge in [-0.05, 0) is 29.7 Å². The van der Waals surface area contributed by atoms with Gasteiger partial charge in [-0.2, -0.15) is 5.10 Å². The quantitative estimate of drug-likeness (QED) is 0.768. The highest BCUT2D eigenvalue weighted by Crippen LogP contribution is 2.19. The van der Waals surface area contributed by atoms with Gasteiger partial charge in [0.05, 0.1) is 6.20 Å². The van der Waals surface area contributed by atoms with E-state index in [0.29, 0.717) is 6.54 Å². The molecule has 3 heterocycles. The third-order valence-electron chi connectivity index (χ3n) is 3.34. The largest absolute Gasteiger partial charge is 0.332 e. The van der Waals surface area contributed by atoms with E-state index in [-0.39, 0.29) is 0 Å². The van der Waals surface area contributed by atoms with Crippen LogP contribution in [0.5, 0.6) is 0 Å². The number of fused-ring (bicyclic) bond motifs is 1. The molecule has 98 valence electrons. The van der Waals surface area contributed by atoms with E-state index in [1.807, 2.05) is 36.4 Å². The van der Waals surface area contributed by atoms with E-state index in [1.54, 1.807) is 0 Å². The van der Waals surface area contributed by atoms with Crippen LogP contribution in [-0.4, -0.2) is 19.3 Å². The Hall–Kier alpha value is -2.14. The van der Waals surface area contributed by atoms with Gasteiger partial charge < -0.3 is 10.3 Å². The first-order valence-corrected chi connectivity index (χ1v) is 6.38. The lowest BCUT2D eigenvalue weighted by Crippen LogP contribution is -2.00. The standard InChI is InChI=1S/C14H17N5/c1-18-9-11(8-17-18)4-6-19-10-12(7-15)13-3-2-5-16-14(13)19/h2-3,5,8-10H,4,6-7,15H2,1H3. The molecule has 2 N–H and O–H groups in total. The fourth-order valence-corrected chi connectivity index (χ4v) is 2.38. The van der Waals surface area contributed by atoms with E-state index in [2.05, 4.69) is 26.9 Å². The molecular formula is C14H17N5. The summed E-state index contributed by atoms with van der Waals surface area (Å²) in [4.78, 5) is 4.45. The molecule has 3 rings (SSSR count). The molecule has 0 aliphatic heterocycles. The fraction of sp³-hybridized carbons (Fsp3) is 0.286. The zero-order valence-corrected chi connectivity index (χ0v) is 11.0. The van der Waals surface area contributed by atoms with E-state index in [4.69, 9.17) is 5.73 Å². The lowest BCUT2D eigenvalue weighted by molar-refractivity contribution is 0.711. The van der Waals surface area contributed by atoms with Crippen LogP contribution in [0.4, 0.5) is 0 Å². The van der Waals surface area contributed by atoms with Crippen LogP contribution in [0.15, 0.2) is 36.9 Å². The van der Waals surface area contributed by atoms with Gasteiger partial charge in [0.2, 0.25) is 0 Å². The summed E-state index contributed by atoms with van der Waals surface area (Å²) in [5, 5.41) is 5.33. The highest BCUT2D eigenvalue weighted by Gasteiger charge is 2.08. The van der Waals surface area contributed by atoms with Gasteiger partial charge in [0, 0.05) is 44.1 Å². The van der Waals surface area contributed by atoms with Crippen LogP contribution in [0, 0.1) is 0 Å². The minimum Gasteiger partial charge on any atom is -0.332 e. The Morgan fingerprint density at radius 2 is 2.21 bits per heavy atom. The highest BCUT2D eigenvalue weighted by atomic mass is 15.2. The van der Waals surface area contributed by atoms with Crippen molar-refractivity contribution in [2.24, 2.45) is 12.8 Å². The Morgan fingerprint density at radius 1 is 1.32 bits per heavy atom. The first-order chi connectivity index (χ1) is 9.28. The van der Waals surface area contributed by atoms with Gasteiger partial charge in [-0.25, -0.2) is 4.98 Å². The van der Waals surface area contributed by atoms with Gasteiger partial charge in [-0.3, -0.25) is 4.68 Å². The molecule has 19 heavy (non-hydrogen) atoms. The number of nitrogens with zero attached hydrogens (tertiary/aromatic N) is 4. The molecule has 0 bridgehead atoms. The Kier molecular flexibility index (Phi) is 3.05. The van der Waals surface area contributed by atoms with Gasteiger partial charge in [-0.1, -0.05) is 0 Å². The molecule has 0 spiro atoms. The predicted octanol–water partition coefficient (Wildman–Crippen LogP) is 1.47. The average Bonchev–Trinajstić information content (AvgIpc) is 3.00. The summed E-state index contributed by atoms with van der Waals surface area (Å²) in [6.45, 7) is 1.43. The maximum Gasteiger partial charge on any atom is 0.140 e. The number of hydrogen-bond donors (Lipinski definition) is 1. The van der Waals surface area contributed by atoms with E-state index >= 15 is 0 Å². The normalized spacial score (nSPS) is 11.3. The second-order valence-corrected chi connectivity index (χ2v) is 4.70. The summed E-state index contributed by atoms with van der Waals surface area (Å²) in [7, 11) is 1.93. The third kappa shape index (κ3) is 2.24. The maximum atomic E-state index is 5.79. The predicted molar refractivity (Wildman–Crippen MR) is 74.5 cm³/mol. The van der Waals surface area contributed by atoms with Crippen LogP contribution in [0.1, 0.15) is 11.1 Å². The van der Waals surface area contributed by atoms with Crippen molar-refractivity contribution in [1.29, 1.82) is 0 Å². The van der Waals surface area contributed by atoms with Gasteiger partial charge in [0.1, 0.15) is 5.65 Å². The van der Waals surface area contributed by atoms with Crippen molar-refractivity contribution < 1.29 is 0 Å². The van der Waals surface area contributed by atoms with Crippen LogP contribution in [0.2, 0.25) is 0 Å². The molecule has 3 aromatic heterocycles. The van der Waals surface area contributed by atoms with Crippen molar-refractivity contribution in [1.82, 2.24) is 19.3 Å². The summed E-state index contributed by atoms with van der Waals surface area (Å²) in [6, 6.07) is 4.03. The molecule has 0 fully saturated rings. The Balaban J connectivity index is 1.88. The van der Waals surface area contributed by atoms with Crippen molar-refractivity contribution in [2.45, 2.75) is 19.5 Å². The number of pyridine rings is 1. The van der Waals surface area contributed by atoms with Crippen LogP contribution >= 0.6 is 0 Å². The summed E-state index contributed by atoms with van der Waals surface area (Å²) in [5.41, 5.74) is 9.17. The van der Waals surface area contributed by atoms with Crippen LogP contribution < -0.4 is 5.73 Å². The Bertz CT molecular complexity index is 695. The average molecular weight is 255 g/mol. The third-order valence-corrected chi connectivity index (χ3v) is 3.34. The molecule has 0 saturated heterocycles. The van der Waals surface area contributed by atoms with E-state index in [1.165, 1.54) is 5.56 Å². The summed E-state index contributed by atoms with van der Waals surface area (Å²) >= 11 is 0. The van der Waals surface area contributed by atoms with Gasteiger partial charge >= 0.3 is 0 Å². The highest BCUT2D eigenvalue weighted by molar-refractivity contribution is 5.80. The van der Waals surface area contributed by atoms with Gasteiger partial charge in [0.25, 0.3) is 0 Å². The number of hydrogen-bond acceptors (Lipinski definition) is 3. The minimum absolute atomic E-state index is 0.544. The first kappa shape index (κ1) is 11.9. The van der Waals surface area contributed by atoms with Crippen molar-refractivity contribution in [3.05, 3.63) is 48.0 Å².